The van der Waals surface area contributed by atoms with Crippen LogP contribution in [0, 0.1) is 5.82 Å². The van der Waals surface area contributed by atoms with E-state index in [0.717, 1.165) is 17.2 Å². The van der Waals surface area contributed by atoms with Crippen LogP contribution in [0.15, 0.2) is 16.9 Å². The number of ether oxygens (including phenoxy) is 3. The summed E-state index contributed by atoms with van der Waals surface area (Å²) >= 11 is 0. The molecule has 2 rings (SSSR count). The van der Waals surface area contributed by atoms with Crippen molar-refractivity contribution >= 4 is 5.97 Å². The van der Waals surface area contributed by atoms with Crippen molar-refractivity contribution < 1.29 is 28.5 Å². The van der Waals surface area contributed by atoms with Crippen LogP contribution in [0.4, 0.5) is 4.39 Å². The van der Waals surface area contributed by atoms with Crippen molar-refractivity contribution in [3.05, 3.63) is 39.8 Å². The second kappa shape index (κ2) is 10.5. The zero-order valence-electron chi connectivity index (χ0n) is 18.7. The number of rotatable bonds is 11. The molecule has 2 aromatic rings. The van der Waals surface area contributed by atoms with E-state index in [-0.39, 0.29) is 28.9 Å². The van der Waals surface area contributed by atoms with Gasteiger partial charge in [-0.2, -0.15) is 4.68 Å². The van der Waals surface area contributed by atoms with Crippen LogP contribution in [0.2, 0.25) is 0 Å². The first-order valence-electron chi connectivity index (χ1n) is 10.3. The summed E-state index contributed by atoms with van der Waals surface area (Å²) in [6.07, 6.45) is 0.102. The molecule has 2 unspecified atom stereocenters. The molecule has 1 N–H and O–H groups in total. The summed E-state index contributed by atoms with van der Waals surface area (Å²) in [6, 6.07) is 2.03. The van der Waals surface area contributed by atoms with Crippen molar-refractivity contribution in [3.63, 3.8) is 0 Å². The van der Waals surface area contributed by atoms with Gasteiger partial charge in [-0.1, -0.05) is 13.3 Å². The van der Waals surface area contributed by atoms with Gasteiger partial charge in [-0.25, -0.2) is 14.0 Å². The summed E-state index contributed by atoms with van der Waals surface area (Å²) in [6.45, 7) is 9.48. The SMILES string of the molecule is CCC[C@H](C)Oc1cc(-n2nc(C(C)OC(C)OCC)n(C)c2=O)c(F)cc1C(=O)O. The maximum absolute atomic E-state index is 14.8. The van der Waals surface area contributed by atoms with Crippen molar-refractivity contribution in [2.75, 3.05) is 6.61 Å². The number of carbonyl (C=O) groups is 1. The molecule has 0 aliphatic heterocycles. The normalized spacial score (nSPS) is 14.3. The topological polar surface area (TPSA) is 105 Å². The molecule has 172 valence electrons. The number of carboxylic acid groups (broad SMARTS) is 1. The molecule has 1 aromatic heterocycles. The molecule has 1 heterocycles. The van der Waals surface area contributed by atoms with Gasteiger partial charge in [-0.15, -0.1) is 5.10 Å². The van der Waals surface area contributed by atoms with Gasteiger partial charge in [0.1, 0.15) is 28.9 Å². The average Bonchev–Trinajstić information content (AvgIpc) is 2.98. The smallest absolute Gasteiger partial charge is 0.350 e. The van der Waals surface area contributed by atoms with Crippen LogP contribution in [0.25, 0.3) is 5.69 Å². The fraction of sp³-hybridized carbons (Fsp3) is 0.571. The summed E-state index contributed by atoms with van der Waals surface area (Å²) in [4.78, 5) is 24.3. The van der Waals surface area contributed by atoms with Gasteiger partial charge in [0.15, 0.2) is 12.1 Å². The Bertz CT molecular complexity index is 971. The highest BCUT2D eigenvalue weighted by atomic mass is 19.1. The van der Waals surface area contributed by atoms with Crippen LogP contribution < -0.4 is 10.4 Å². The van der Waals surface area contributed by atoms with Gasteiger partial charge in [0.25, 0.3) is 0 Å². The van der Waals surface area contributed by atoms with Crippen LogP contribution in [0.5, 0.6) is 5.75 Å². The molecule has 0 radical (unpaired) electrons. The van der Waals surface area contributed by atoms with Crippen LogP contribution in [0.3, 0.4) is 0 Å². The van der Waals surface area contributed by atoms with E-state index >= 15 is 0 Å². The third-order valence-corrected chi connectivity index (χ3v) is 4.71. The molecular weight excluding hydrogens is 409 g/mol. The van der Waals surface area contributed by atoms with E-state index in [9.17, 15) is 19.1 Å². The van der Waals surface area contributed by atoms with Crippen molar-refractivity contribution in [2.24, 2.45) is 7.05 Å². The first-order valence-corrected chi connectivity index (χ1v) is 10.3. The maximum atomic E-state index is 14.8. The number of benzene rings is 1. The number of carboxylic acids is 1. The molecule has 10 heteroatoms. The van der Waals surface area contributed by atoms with Crippen LogP contribution in [-0.4, -0.2) is 44.4 Å². The average molecular weight is 439 g/mol. The van der Waals surface area contributed by atoms with Gasteiger partial charge in [0, 0.05) is 19.7 Å². The van der Waals surface area contributed by atoms with Crippen LogP contribution in [-0.2, 0) is 16.5 Å². The van der Waals surface area contributed by atoms with E-state index in [1.807, 2.05) is 13.8 Å². The third kappa shape index (κ3) is 5.71. The molecule has 0 aliphatic carbocycles. The van der Waals surface area contributed by atoms with Crippen LogP contribution in [0.1, 0.15) is 69.7 Å². The molecule has 0 saturated carbocycles. The lowest BCUT2D eigenvalue weighted by molar-refractivity contribution is -0.156. The largest absolute Gasteiger partial charge is 0.490 e. The summed E-state index contributed by atoms with van der Waals surface area (Å²) in [5.41, 5.74) is -1.14. The summed E-state index contributed by atoms with van der Waals surface area (Å²) < 4.78 is 33.7. The van der Waals surface area contributed by atoms with E-state index in [2.05, 4.69) is 5.10 Å². The first-order chi connectivity index (χ1) is 14.6. The van der Waals surface area contributed by atoms with E-state index < -0.39 is 29.9 Å². The van der Waals surface area contributed by atoms with Gasteiger partial charge < -0.3 is 19.3 Å². The third-order valence-electron chi connectivity index (χ3n) is 4.71. The Morgan fingerprint density at radius 2 is 1.94 bits per heavy atom. The minimum absolute atomic E-state index is 0.0294. The monoisotopic (exact) mass is 439 g/mol. The maximum Gasteiger partial charge on any atom is 0.350 e. The number of halogens is 1. The van der Waals surface area contributed by atoms with Crippen molar-refractivity contribution in [1.82, 2.24) is 14.3 Å². The molecule has 0 spiro atoms. The van der Waals surface area contributed by atoms with E-state index in [1.165, 1.54) is 17.7 Å². The van der Waals surface area contributed by atoms with E-state index in [0.29, 0.717) is 13.0 Å². The van der Waals surface area contributed by atoms with Gasteiger partial charge in [0.2, 0.25) is 0 Å². The lowest BCUT2D eigenvalue weighted by Gasteiger charge is -2.18. The van der Waals surface area contributed by atoms with Crippen molar-refractivity contribution in [1.29, 1.82) is 0 Å². The Labute approximate surface area is 180 Å². The summed E-state index contributed by atoms with van der Waals surface area (Å²) in [5.74, 6) is -2.00. The Kier molecular flexibility index (Phi) is 8.35. The second-order valence-electron chi connectivity index (χ2n) is 7.23. The minimum atomic E-state index is -1.33. The van der Waals surface area contributed by atoms with E-state index in [1.54, 1.807) is 20.8 Å². The zero-order valence-corrected chi connectivity index (χ0v) is 18.7. The molecule has 1 aromatic carbocycles. The molecule has 0 fully saturated rings. The Hall–Kier alpha value is -2.72. The van der Waals surface area contributed by atoms with E-state index in [4.69, 9.17) is 14.2 Å². The Morgan fingerprint density at radius 1 is 1.26 bits per heavy atom. The first kappa shape index (κ1) is 24.5. The highest BCUT2D eigenvalue weighted by molar-refractivity contribution is 5.91. The molecule has 0 amide bonds. The number of hydrogen-bond donors (Lipinski definition) is 1. The number of hydrogen-bond acceptors (Lipinski definition) is 6. The fourth-order valence-corrected chi connectivity index (χ4v) is 3.24. The quantitative estimate of drug-likeness (QED) is 0.535. The second-order valence-corrected chi connectivity index (χ2v) is 7.23. The molecule has 31 heavy (non-hydrogen) atoms. The molecule has 0 bridgehead atoms. The van der Waals surface area contributed by atoms with Gasteiger partial charge in [-0.05, 0) is 40.2 Å². The van der Waals surface area contributed by atoms with Crippen molar-refractivity contribution in [3.8, 4) is 11.4 Å². The molecular formula is C21H30FN3O6. The number of nitrogens with zero attached hydrogens (tertiary/aromatic N) is 3. The highest BCUT2D eigenvalue weighted by Crippen LogP contribution is 2.27. The summed E-state index contributed by atoms with van der Waals surface area (Å²) in [5, 5.41) is 13.7. The molecule has 0 aliphatic rings. The lowest BCUT2D eigenvalue weighted by Crippen LogP contribution is -2.24. The predicted molar refractivity (Wildman–Crippen MR) is 111 cm³/mol. The number of aromatic carboxylic acids is 1. The molecule has 3 atom stereocenters. The molecule has 9 nitrogen and oxygen atoms in total. The predicted octanol–water partition coefficient (Wildman–Crippen LogP) is 3.44. The molecule has 0 saturated heterocycles. The standard InChI is InChI=1S/C21H30FN3O6/c1-7-9-12(3)30-18-11-17(16(22)10-15(18)20(26)27)25-21(28)24(6)19(23-25)13(4)31-14(5)29-8-2/h10-14H,7-9H2,1-6H3,(H,26,27)/t12-,13?,14?/m0/s1. The van der Waals surface area contributed by atoms with Crippen molar-refractivity contribution in [2.45, 2.75) is 66.0 Å². The Morgan fingerprint density at radius 3 is 2.52 bits per heavy atom. The Balaban J connectivity index is 2.50. The van der Waals surface area contributed by atoms with Gasteiger partial charge in [0.05, 0.1) is 6.10 Å². The summed E-state index contributed by atoms with van der Waals surface area (Å²) in [7, 11) is 1.50. The number of aromatic nitrogens is 3. The van der Waals surface area contributed by atoms with Gasteiger partial charge >= 0.3 is 11.7 Å². The highest BCUT2D eigenvalue weighted by Gasteiger charge is 2.24. The lowest BCUT2D eigenvalue weighted by atomic mass is 10.1. The van der Waals surface area contributed by atoms with Crippen LogP contribution >= 0.6 is 0 Å². The zero-order chi connectivity index (χ0) is 23.3. The minimum Gasteiger partial charge on any atom is -0.490 e. The van der Waals surface area contributed by atoms with Gasteiger partial charge in [-0.3, -0.25) is 4.57 Å². The fourth-order valence-electron chi connectivity index (χ4n) is 3.24.